The number of nitro benzene ring substituents is 2. The number of imide groups is 1. The van der Waals surface area contributed by atoms with Gasteiger partial charge in [0.2, 0.25) is 5.75 Å². The molecule has 2 aromatic carbocycles. The van der Waals surface area contributed by atoms with Crippen molar-refractivity contribution in [3.8, 4) is 17.2 Å². The molecule has 35 heavy (non-hydrogen) atoms. The Kier molecular flexibility index (Phi) is 7.66. The van der Waals surface area contributed by atoms with E-state index in [1.54, 1.807) is 6.92 Å². The summed E-state index contributed by atoms with van der Waals surface area (Å²) in [4.78, 5) is 57.8. The highest BCUT2D eigenvalue weighted by molar-refractivity contribution is 8.18. The number of thioether (sulfide) groups is 1. The number of rotatable bonds is 9. The first-order valence-corrected chi connectivity index (χ1v) is 10.7. The van der Waals surface area contributed by atoms with Crippen LogP contribution in [0.4, 0.5) is 16.2 Å². The van der Waals surface area contributed by atoms with E-state index in [0.717, 1.165) is 23.1 Å². The summed E-state index contributed by atoms with van der Waals surface area (Å²) < 4.78 is 15.6. The van der Waals surface area contributed by atoms with Crippen LogP contribution in [0.25, 0.3) is 6.08 Å². The maximum absolute atomic E-state index is 12.5. The molecule has 0 aliphatic carbocycles. The number of esters is 1. The second-order valence-corrected chi connectivity index (χ2v) is 7.74. The summed E-state index contributed by atoms with van der Waals surface area (Å²) in [7, 11) is 1.32. The van der Waals surface area contributed by atoms with Gasteiger partial charge >= 0.3 is 11.7 Å². The molecule has 2 aromatic rings. The van der Waals surface area contributed by atoms with Gasteiger partial charge in [0, 0.05) is 6.07 Å². The van der Waals surface area contributed by atoms with Gasteiger partial charge in [-0.25, -0.2) is 0 Å². The zero-order valence-electron chi connectivity index (χ0n) is 18.3. The Bertz CT molecular complexity index is 1260. The fraction of sp³-hybridized carbons (Fsp3) is 0.190. The number of nitrogens with zero attached hydrogens (tertiary/aromatic N) is 3. The van der Waals surface area contributed by atoms with Crippen LogP contribution in [0.15, 0.2) is 41.3 Å². The average Bonchev–Trinajstić information content (AvgIpc) is 3.07. The van der Waals surface area contributed by atoms with Crippen LogP contribution in [-0.4, -0.2) is 52.1 Å². The average molecular weight is 503 g/mol. The number of hydrogen-bond donors (Lipinski definition) is 0. The third-order valence-electron chi connectivity index (χ3n) is 4.52. The van der Waals surface area contributed by atoms with Gasteiger partial charge in [-0.2, -0.15) is 0 Å². The Morgan fingerprint density at radius 1 is 1.06 bits per heavy atom. The van der Waals surface area contributed by atoms with E-state index in [9.17, 15) is 34.6 Å². The molecule has 1 fully saturated rings. The second kappa shape index (κ2) is 10.6. The lowest BCUT2D eigenvalue weighted by Gasteiger charge is -2.12. The standard InChI is InChI=1S/C21H17N3O10S/c1-3-33-19(25)11-22-20(26)18(35-21(22)27)9-12-4-6-16(17(8-12)32-2)34-15-7-5-13(23(28)29)10-14(15)24(30)31/h4-10H,3,11H2,1-2H3/b18-9-. The Labute approximate surface area is 201 Å². The largest absolute Gasteiger partial charge is 0.493 e. The first kappa shape index (κ1) is 25.2. The predicted molar refractivity (Wildman–Crippen MR) is 122 cm³/mol. The fourth-order valence-electron chi connectivity index (χ4n) is 2.95. The summed E-state index contributed by atoms with van der Waals surface area (Å²) in [6.07, 6.45) is 1.41. The molecule has 3 rings (SSSR count). The molecule has 13 nitrogen and oxygen atoms in total. The van der Waals surface area contributed by atoms with Gasteiger partial charge in [0.15, 0.2) is 11.5 Å². The molecule has 1 aliphatic rings. The third kappa shape index (κ3) is 5.73. The minimum atomic E-state index is -0.810. The molecule has 14 heteroatoms. The van der Waals surface area contributed by atoms with E-state index in [1.165, 1.54) is 31.4 Å². The molecule has 0 atom stereocenters. The molecule has 0 radical (unpaired) electrons. The molecular formula is C21H17N3O10S. The Morgan fingerprint density at radius 3 is 2.40 bits per heavy atom. The minimum absolute atomic E-state index is 0.0667. The van der Waals surface area contributed by atoms with Crippen molar-refractivity contribution < 1.29 is 38.4 Å². The molecule has 0 N–H and O–H groups in total. The molecule has 182 valence electrons. The van der Waals surface area contributed by atoms with E-state index < -0.39 is 44.9 Å². The number of non-ortho nitro benzene ring substituents is 1. The van der Waals surface area contributed by atoms with Crippen LogP contribution in [-0.2, 0) is 14.3 Å². The Balaban J connectivity index is 1.86. The van der Waals surface area contributed by atoms with Gasteiger partial charge in [-0.15, -0.1) is 0 Å². The van der Waals surface area contributed by atoms with E-state index in [1.807, 2.05) is 0 Å². The molecule has 1 aliphatic heterocycles. The number of ether oxygens (including phenoxy) is 3. The third-order valence-corrected chi connectivity index (χ3v) is 5.43. The number of benzene rings is 2. The molecule has 0 bridgehead atoms. The second-order valence-electron chi connectivity index (χ2n) is 6.75. The quantitative estimate of drug-likeness (QED) is 0.210. The molecule has 0 unspecified atom stereocenters. The number of carbonyl (C=O) groups excluding carboxylic acids is 3. The lowest BCUT2D eigenvalue weighted by molar-refractivity contribution is -0.394. The highest BCUT2D eigenvalue weighted by Crippen LogP contribution is 2.39. The molecule has 1 saturated heterocycles. The number of nitro groups is 2. The van der Waals surface area contributed by atoms with Crippen molar-refractivity contribution in [2.75, 3.05) is 20.3 Å². The van der Waals surface area contributed by atoms with Gasteiger partial charge in [0.05, 0.1) is 34.5 Å². The van der Waals surface area contributed by atoms with Crippen molar-refractivity contribution in [1.29, 1.82) is 0 Å². The van der Waals surface area contributed by atoms with Gasteiger partial charge in [0.25, 0.3) is 16.8 Å². The van der Waals surface area contributed by atoms with Crippen LogP contribution in [0.2, 0.25) is 0 Å². The van der Waals surface area contributed by atoms with Crippen LogP contribution >= 0.6 is 11.8 Å². The molecule has 0 aromatic heterocycles. The van der Waals surface area contributed by atoms with E-state index in [-0.39, 0.29) is 28.8 Å². The maximum Gasteiger partial charge on any atom is 0.326 e. The molecule has 1 heterocycles. The Morgan fingerprint density at radius 2 is 1.77 bits per heavy atom. The summed E-state index contributed by atoms with van der Waals surface area (Å²) in [5, 5.41) is 21.6. The lowest BCUT2D eigenvalue weighted by atomic mass is 10.1. The van der Waals surface area contributed by atoms with Crippen LogP contribution in [0.3, 0.4) is 0 Å². The summed E-state index contributed by atoms with van der Waals surface area (Å²) in [5.41, 5.74) is -0.641. The van der Waals surface area contributed by atoms with Crippen molar-refractivity contribution in [2.45, 2.75) is 6.92 Å². The number of hydrogen-bond acceptors (Lipinski definition) is 11. The summed E-state index contributed by atoms with van der Waals surface area (Å²) >= 11 is 0.654. The first-order chi connectivity index (χ1) is 16.6. The molecule has 0 spiro atoms. The number of carbonyl (C=O) groups is 3. The monoisotopic (exact) mass is 503 g/mol. The highest BCUT2D eigenvalue weighted by atomic mass is 32.2. The smallest absolute Gasteiger partial charge is 0.326 e. The molecule has 0 saturated carbocycles. The minimum Gasteiger partial charge on any atom is -0.493 e. The zero-order valence-corrected chi connectivity index (χ0v) is 19.1. The summed E-state index contributed by atoms with van der Waals surface area (Å²) in [6, 6.07) is 7.33. The van der Waals surface area contributed by atoms with Crippen LogP contribution in [0.5, 0.6) is 17.2 Å². The summed E-state index contributed by atoms with van der Waals surface area (Å²) in [5.74, 6) is -1.41. The van der Waals surface area contributed by atoms with Crippen molar-refractivity contribution in [3.63, 3.8) is 0 Å². The van der Waals surface area contributed by atoms with Crippen molar-refractivity contribution >= 4 is 46.3 Å². The van der Waals surface area contributed by atoms with Crippen molar-refractivity contribution in [3.05, 3.63) is 67.1 Å². The van der Waals surface area contributed by atoms with Crippen molar-refractivity contribution in [2.24, 2.45) is 0 Å². The van der Waals surface area contributed by atoms with Gasteiger partial charge in [-0.05, 0) is 48.5 Å². The van der Waals surface area contributed by atoms with E-state index in [4.69, 9.17) is 14.2 Å². The molecule has 2 amide bonds. The van der Waals surface area contributed by atoms with Crippen LogP contribution in [0.1, 0.15) is 12.5 Å². The SMILES string of the molecule is CCOC(=O)CN1C(=O)S/C(=C\c2ccc(Oc3ccc([N+](=O)[O-])cc3[N+](=O)[O-])c(OC)c2)C1=O. The zero-order chi connectivity index (χ0) is 25.7. The molecular weight excluding hydrogens is 486 g/mol. The van der Waals surface area contributed by atoms with Gasteiger partial charge in [-0.3, -0.25) is 39.5 Å². The maximum atomic E-state index is 12.5. The predicted octanol–water partition coefficient (Wildman–Crippen LogP) is 3.90. The van der Waals surface area contributed by atoms with E-state index >= 15 is 0 Å². The van der Waals surface area contributed by atoms with Crippen LogP contribution < -0.4 is 9.47 Å². The summed E-state index contributed by atoms with van der Waals surface area (Å²) in [6.45, 7) is 1.22. The Hall–Kier alpha value is -4.46. The van der Waals surface area contributed by atoms with E-state index in [0.29, 0.717) is 17.3 Å². The lowest BCUT2D eigenvalue weighted by Crippen LogP contribution is -2.34. The van der Waals surface area contributed by atoms with E-state index in [2.05, 4.69) is 0 Å². The van der Waals surface area contributed by atoms with Crippen molar-refractivity contribution in [1.82, 2.24) is 4.90 Å². The van der Waals surface area contributed by atoms with Gasteiger partial charge < -0.3 is 14.2 Å². The first-order valence-electron chi connectivity index (χ1n) is 9.84. The fourth-order valence-corrected chi connectivity index (χ4v) is 3.79. The highest BCUT2D eigenvalue weighted by Gasteiger charge is 2.36. The normalized spacial score (nSPS) is 14.2. The number of amides is 2. The van der Waals surface area contributed by atoms with Gasteiger partial charge in [0.1, 0.15) is 6.54 Å². The topological polar surface area (TPSA) is 168 Å². The number of methoxy groups -OCH3 is 1. The van der Waals surface area contributed by atoms with Crippen LogP contribution in [0, 0.1) is 20.2 Å². The van der Waals surface area contributed by atoms with Gasteiger partial charge in [-0.1, -0.05) is 6.07 Å².